The van der Waals surface area contributed by atoms with Gasteiger partial charge in [-0.15, -0.1) is 0 Å². The van der Waals surface area contributed by atoms with Gasteiger partial charge in [-0.1, -0.05) is 23.8 Å². The number of nitrogens with zero attached hydrogens (tertiary/aromatic N) is 2. The summed E-state index contributed by atoms with van der Waals surface area (Å²) in [5, 5.41) is 13.4. The Hall–Kier alpha value is -2.74. The number of nitrogens with one attached hydrogen (secondary N) is 1. The first-order chi connectivity index (χ1) is 12.9. The molecule has 142 valence electrons. The topological polar surface area (TPSA) is 110 Å². The van der Waals surface area contributed by atoms with Gasteiger partial charge in [0, 0.05) is 24.7 Å². The van der Waals surface area contributed by atoms with Gasteiger partial charge in [-0.3, -0.25) is 29.4 Å². The molecule has 2 aliphatic rings. The maximum absolute atomic E-state index is 12.3. The predicted octanol–water partition coefficient (Wildman–Crippen LogP) is 2.92. The van der Waals surface area contributed by atoms with E-state index >= 15 is 0 Å². The third-order valence-corrected chi connectivity index (χ3v) is 5.13. The van der Waals surface area contributed by atoms with Crippen molar-refractivity contribution in [3.63, 3.8) is 0 Å². The number of likely N-dealkylation sites (tertiary alicyclic amines) is 1. The lowest BCUT2D eigenvalue weighted by Crippen LogP contribution is -2.32. The number of hydrogen-bond acceptors (Lipinski definition) is 5. The number of rotatable bonds is 6. The minimum Gasteiger partial charge on any atom is -0.326 e. The van der Waals surface area contributed by atoms with Gasteiger partial charge in [-0.2, -0.15) is 0 Å². The molecule has 1 fully saturated rings. The number of fused-ring (bicyclic) bond motifs is 1. The van der Waals surface area contributed by atoms with Crippen LogP contribution in [0.3, 0.4) is 0 Å². The monoisotopic (exact) mass is 391 g/mol. The van der Waals surface area contributed by atoms with Crippen LogP contribution in [0.5, 0.6) is 0 Å². The summed E-state index contributed by atoms with van der Waals surface area (Å²) < 4.78 is 0. The van der Waals surface area contributed by atoms with Crippen molar-refractivity contribution in [2.24, 2.45) is 11.8 Å². The molecule has 0 radical (unpaired) electrons. The maximum Gasteiger partial charge on any atom is 0.289 e. The Bertz CT molecular complexity index is 812. The molecule has 2 unspecified atom stereocenters. The van der Waals surface area contributed by atoms with Crippen LogP contribution in [0.1, 0.15) is 25.7 Å². The van der Waals surface area contributed by atoms with E-state index in [2.05, 4.69) is 5.32 Å². The lowest BCUT2D eigenvalue weighted by Gasteiger charge is -2.14. The molecule has 1 aliphatic heterocycles. The van der Waals surface area contributed by atoms with Crippen LogP contribution >= 0.6 is 11.6 Å². The van der Waals surface area contributed by atoms with Crippen LogP contribution < -0.4 is 5.32 Å². The number of carbonyl (C=O) groups is 3. The van der Waals surface area contributed by atoms with Crippen LogP contribution in [0.15, 0.2) is 30.4 Å². The van der Waals surface area contributed by atoms with E-state index in [4.69, 9.17) is 11.6 Å². The van der Waals surface area contributed by atoms with Gasteiger partial charge in [-0.05, 0) is 31.4 Å². The zero-order valence-electron chi connectivity index (χ0n) is 14.4. The molecule has 3 amide bonds. The number of halogens is 1. The number of carbonyl (C=O) groups excluding carboxylic acids is 3. The molecule has 0 saturated carbocycles. The first-order valence-electron chi connectivity index (χ1n) is 8.62. The van der Waals surface area contributed by atoms with E-state index in [-0.39, 0.29) is 58.9 Å². The molecule has 0 spiro atoms. The Morgan fingerprint density at radius 3 is 2.44 bits per heavy atom. The Kier molecular flexibility index (Phi) is 5.55. The normalized spacial score (nSPS) is 21.3. The molecule has 3 rings (SSSR count). The number of allylic oxidation sites excluding steroid dienone is 2. The molecule has 1 saturated heterocycles. The second-order valence-electron chi connectivity index (χ2n) is 6.56. The molecule has 1 aromatic carbocycles. The fourth-order valence-electron chi connectivity index (χ4n) is 3.44. The lowest BCUT2D eigenvalue weighted by atomic mass is 9.85. The highest BCUT2D eigenvalue weighted by molar-refractivity contribution is 6.32. The van der Waals surface area contributed by atoms with Crippen molar-refractivity contribution in [2.45, 2.75) is 25.7 Å². The van der Waals surface area contributed by atoms with E-state index in [0.29, 0.717) is 19.3 Å². The van der Waals surface area contributed by atoms with Gasteiger partial charge in [0.25, 0.3) is 5.69 Å². The van der Waals surface area contributed by atoms with E-state index < -0.39 is 4.92 Å². The summed E-state index contributed by atoms with van der Waals surface area (Å²) in [5.41, 5.74) is -0.0274. The summed E-state index contributed by atoms with van der Waals surface area (Å²) in [6.07, 6.45) is 5.43. The maximum atomic E-state index is 12.3. The molecular weight excluding hydrogens is 374 g/mol. The largest absolute Gasteiger partial charge is 0.326 e. The average Bonchev–Trinajstić information content (AvgIpc) is 2.88. The van der Waals surface area contributed by atoms with Gasteiger partial charge in [0.1, 0.15) is 5.02 Å². The van der Waals surface area contributed by atoms with Crippen molar-refractivity contribution in [3.05, 3.63) is 45.5 Å². The van der Waals surface area contributed by atoms with Crippen molar-refractivity contribution in [1.29, 1.82) is 0 Å². The second kappa shape index (κ2) is 7.87. The number of nitro groups is 1. The number of imide groups is 1. The molecule has 27 heavy (non-hydrogen) atoms. The molecule has 9 heteroatoms. The minimum absolute atomic E-state index is 0.0139. The van der Waals surface area contributed by atoms with Crippen molar-refractivity contribution in [2.75, 3.05) is 11.9 Å². The van der Waals surface area contributed by atoms with Gasteiger partial charge < -0.3 is 5.32 Å². The second-order valence-corrected chi connectivity index (χ2v) is 6.97. The highest BCUT2D eigenvalue weighted by Crippen LogP contribution is 2.35. The van der Waals surface area contributed by atoms with Crippen molar-refractivity contribution in [3.8, 4) is 0 Å². The quantitative estimate of drug-likeness (QED) is 0.347. The first kappa shape index (κ1) is 19.0. The fourth-order valence-corrected chi connectivity index (χ4v) is 3.63. The van der Waals surface area contributed by atoms with Gasteiger partial charge in [0.15, 0.2) is 0 Å². The summed E-state index contributed by atoms with van der Waals surface area (Å²) in [5.74, 6) is -1.23. The van der Waals surface area contributed by atoms with E-state index in [1.807, 2.05) is 12.2 Å². The van der Waals surface area contributed by atoms with Crippen molar-refractivity contribution >= 4 is 40.7 Å². The summed E-state index contributed by atoms with van der Waals surface area (Å²) in [6.45, 7) is 0.193. The number of benzene rings is 1. The Balaban J connectivity index is 1.52. The van der Waals surface area contributed by atoms with Gasteiger partial charge >= 0.3 is 0 Å². The number of hydrogen-bond donors (Lipinski definition) is 1. The lowest BCUT2D eigenvalue weighted by molar-refractivity contribution is -0.384. The summed E-state index contributed by atoms with van der Waals surface area (Å²) in [6, 6.07) is 4.00. The SMILES string of the molecule is O=C(CCCN1C(=O)C2CC=CCC2C1=O)Nc1ccc(Cl)c([N+](=O)[O-])c1. The molecule has 1 N–H and O–H groups in total. The van der Waals surface area contributed by atoms with E-state index in [0.717, 1.165) is 0 Å². The Morgan fingerprint density at radius 2 is 1.85 bits per heavy atom. The predicted molar refractivity (Wildman–Crippen MR) is 98.0 cm³/mol. The molecule has 0 bridgehead atoms. The molecule has 1 heterocycles. The third kappa shape index (κ3) is 4.00. The third-order valence-electron chi connectivity index (χ3n) is 4.81. The fraction of sp³-hybridized carbons (Fsp3) is 0.389. The zero-order valence-corrected chi connectivity index (χ0v) is 15.1. The highest BCUT2D eigenvalue weighted by Gasteiger charge is 2.46. The molecule has 1 aliphatic carbocycles. The zero-order chi connectivity index (χ0) is 19.6. The molecule has 1 aromatic rings. The van der Waals surface area contributed by atoms with Gasteiger partial charge in [-0.25, -0.2) is 0 Å². The summed E-state index contributed by atoms with van der Waals surface area (Å²) in [4.78, 5) is 48.2. The number of amides is 3. The highest BCUT2D eigenvalue weighted by atomic mass is 35.5. The van der Waals surface area contributed by atoms with Gasteiger partial charge in [0.2, 0.25) is 17.7 Å². The molecular formula is C18H18ClN3O5. The Labute approximate surface area is 160 Å². The van der Waals surface area contributed by atoms with Crippen molar-refractivity contribution in [1.82, 2.24) is 4.90 Å². The number of anilines is 1. The van der Waals surface area contributed by atoms with Crippen LogP contribution in [-0.2, 0) is 14.4 Å². The van der Waals surface area contributed by atoms with Crippen LogP contribution in [-0.4, -0.2) is 34.1 Å². The van der Waals surface area contributed by atoms with Crippen LogP contribution in [0.2, 0.25) is 5.02 Å². The van der Waals surface area contributed by atoms with Gasteiger partial charge in [0.05, 0.1) is 16.8 Å². The van der Waals surface area contributed by atoms with Crippen LogP contribution in [0, 0.1) is 22.0 Å². The number of nitro benzene ring substituents is 1. The van der Waals surface area contributed by atoms with Crippen LogP contribution in [0.25, 0.3) is 0 Å². The smallest absolute Gasteiger partial charge is 0.289 e. The molecule has 2 atom stereocenters. The first-order valence-corrected chi connectivity index (χ1v) is 9.00. The van der Waals surface area contributed by atoms with Crippen LogP contribution in [0.4, 0.5) is 11.4 Å². The minimum atomic E-state index is -0.628. The van der Waals surface area contributed by atoms with E-state index in [1.54, 1.807) is 0 Å². The van der Waals surface area contributed by atoms with E-state index in [9.17, 15) is 24.5 Å². The summed E-state index contributed by atoms with van der Waals surface area (Å²) in [7, 11) is 0. The average molecular weight is 392 g/mol. The molecule has 8 nitrogen and oxygen atoms in total. The van der Waals surface area contributed by atoms with Crippen molar-refractivity contribution < 1.29 is 19.3 Å². The van der Waals surface area contributed by atoms with E-state index in [1.165, 1.54) is 23.1 Å². The standard InChI is InChI=1S/C18H18ClN3O5/c19-14-8-7-11(10-15(14)22(26)27)20-16(23)6-3-9-21-17(24)12-4-1-2-5-13(12)18(21)25/h1-2,7-8,10,12-13H,3-6,9H2,(H,20,23). The molecule has 0 aromatic heterocycles. The summed E-state index contributed by atoms with van der Waals surface area (Å²) >= 11 is 5.74. The Morgan fingerprint density at radius 1 is 1.22 bits per heavy atom.